The summed E-state index contributed by atoms with van der Waals surface area (Å²) >= 11 is 0. The molecule has 11 heavy (non-hydrogen) atoms. The molecule has 0 spiro atoms. The molecule has 0 radical (unpaired) electrons. The highest BCUT2D eigenvalue weighted by Crippen LogP contribution is 2.02. The molecule has 0 rings (SSSR count). The molecule has 1 N–H and O–H groups in total. The van der Waals surface area contributed by atoms with Crippen molar-refractivity contribution in [1.82, 2.24) is 0 Å². The van der Waals surface area contributed by atoms with Crippen LogP contribution in [0.2, 0.25) is 0 Å². The fraction of sp³-hybridized carbons (Fsp3) is 0.400. The molecule has 0 heterocycles. The second-order valence-electron chi connectivity index (χ2n) is 2.47. The van der Waals surface area contributed by atoms with Gasteiger partial charge < -0.3 is 5.11 Å². The van der Waals surface area contributed by atoms with E-state index >= 15 is 0 Å². The van der Waals surface area contributed by atoms with Gasteiger partial charge in [0.1, 0.15) is 0 Å². The molecule has 0 aliphatic heterocycles. The Hall–Kier alpha value is -0.820. The van der Waals surface area contributed by atoms with E-state index in [4.69, 9.17) is 5.11 Å². The second kappa shape index (κ2) is 5.93. The van der Waals surface area contributed by atoms with Crippen LogP contribution in [0, 0.1) is 0 Å². The van der Waals surface area contributed by atoms with Crippen LogP contribution in [0.15, 0.2) is 36.0 Å². The van der Waals surface area contributed by atoms with Gasteiger partial charge in [-0.05, 0) is 24.5 Å². The average molecular weight is 152 g/mol. The Morgan fingerprint density at radius 2 is 2.09 bits per heavy atom. The van der Waals surface area contributed by atoms with E-state index in [1.165, 1.54) is 5.57 Å². The van der Waals surface area contributed by atoms with E-state index in [1.807, 2.05) is 25.2 Å². The highest BCUT2D eigenvalue weighted by atomic mass is 16.3. The van der Waals surface area contributed by atoms with E-state index < -0.39 is 0 Å². The van der Waals surface area contributed by atoms with E-state index in [0.717, 1.165) is 12.0 Å². The van der Waals surface area contributed by atoms with Gasteiger partial charge in [-0.25, -0.2) is 0 Å². The van der Waals surface area contributed by atoms with E-state index in [1.54, 1.807) is 0 Å². The zero-order valence-electron chi connectivity index (χ0n) is 7.30. The minimum absolute atomic E-state index is 0.130. The van der Waals surface area contributed by atoms with Gasteiger partial charge in [-0.3, -0.25) is 0 Å². The monoisotopic (exact) mass is 152 g/mol. The summed E-state index contributed by atoms with van der Waals surface area (Å²) in [7, 11) is 0. The van der Waals surface area contributed by atoms with Gasteiger partial charge in [0.25, 0.3) is 0 Å². The molecule has 0 unspecified atom stereocenters. The van der Waals surface area contributed by atoms with Crippen molar-refractivity contribution in [2.75, 3.05) is 6.61 Å². The van der Waals surface area contributed by atoms with Gasteiger partial charge in [0.2, 0.25) is 0 Å². The number of hydrogen-bond donors (Lipinski definition) is 1. The summed E-state index contributed by atoms with van der Waals surface area (Å²) in [5.74, 6) is 0. The first-order valence-corrected chi connectivity index (χ1v) is 3.84. The number of rotatable bonds is 4. The lowest BCUT2D eigenvalue weighted by Gasteiger charge is -1.93. The molecule has 0 atom stereocenters. The van der Waals surface area contributed by atoms with Gasteiger partial charge in [0.15, 0.2) is 0 Å². The van der Waals surface area contributed by atoms with Crippen LogP contribution < -0.4 is 0 Å². The normalized spacial score (nSPS) is 13.4. The van der Waals surface area contributed by atoms with Crippen LogP contribution >= 0.6 is 0 Å². The molecule has 0 saturated heterocycles. The fourth-order valence-corrected chi connectivity index (χ4v) is 0.632. The van der Waals surface area contributed by atoms with Gasteiger partial charge >= 0.3 is 0 Å². The Balaban J connectivity index is 4.17. The third-order valence-electron chi connectivity index (χ3n) is 1.50. The first-order chi connectivity index (χ1) is 5.24. The summed E-state index contributed by atoms with van der Waals surface area (Å²) < 4.78 is 0. The molecule has 1 nitrogen and oxygen atoms in total. The predicted octanol–water partition coefficient (Wildman–Crippen LogP) is 2.45. The lowest BCUT2D eigenvalue weighted by Crippen LogP contribution is -1.82. The highest BCUT2D eigenvalue weighted by molar-refractivity contribution is 5.23. The molecule has 0 aromatic rings. The smallest absolute Gasteiger partial charge is 0.0642 e. The van der Waals surface area contributed by atoms with Crippen molar-refractivity contribution < 1.29 is 5.11 Å². The molecule has 0 saturated carbocycles. The zero-order chi connectivity index (χ0) is 8.69. The van der Waals surface area contributed by atoms with Crippen LogP contribution in [0.5, 0.6) is 0 Å². The molecular weight excluding hydrogens is 136 g/mol. The first-order valence-electron chi connectivity index (χ1n) is 3.84. The summed E-state index contributed by atoms with van der Waals surface area (Å²) in [6, 6.07) is 0. The molecule has 62 valence electrons. The summed E-state index contributed by atoms with van der Waals surface area (Å²) in [5, 5.41) is 8.67. The largest absolute Gasteiger partial charge is 0.392 e. The minimum atomic E-state index is 0.130. The quantitative estimate of drug-likeness (QED) is 0.613. The van der Waals surface area contributed by atoms with Crippen LogP contribution in [0.1, 0.15) is 20.3 Å². The van der Waals surface area contributed by atoms with E-state index in [2.05, 4.69) is 13.5 Å². The molecule has 0 aromatic carbocycles. The van der Waals surface area contributed by atoms with Crippen molar-refractivity contribution in [3.8, 4) is 0 Å². The summed E-state index contributed by atoms with van der Waals surface area (Å²) in [4.78, 5) is 0. The number of allylic oxidation sites excluding steroid dienone is 4. The molecule has 0 aliphatic carbocycles. The maximum absolute atomic E-state index is 8.67. The topological polar surface area (TPSA) is 20.2 Å². The van der Waals surface area contributed by atoms with E-state index in [-0.39, 0.29) is 6.61 Å². The van der Waals surface area contributed by atoms with Gasteiger partial charge in [-0.15, -0.1) is 0 Å². The Bertz CT molecular complexity index is 175. The molecular formula is C10H16O. The maximum Gasteiger partial charge on any atom is 0.0642 e. The average Bonchev–Trinajstić information content (AvgIpc) is 2.06. The molecule has 0 aliphatic rings. The van der Waals surface area contributed by atoms with Crippen molar-refractivity contribution in [3.05, 3.63) is 36.0 Å². The molecule has 0 amide bonds. The van der Waals surface area contributed by atoms with Gasteiger partial charge in [0.05, 0.1) is 6.61 Å². The Kier molecular flexibility index (Phi) is 5.49. The van der Waals surface area contributed by atoms with Crippen molar-refractivity contribution in [2.24, 2.45) is 0 Å². The van der Waals surface area contributed by atoms with Gasteiger partial charge in [-0.1, -0.05) is 31.7 Å². The Morgan fingerprint density at radius 1 is 1.45 bits per heavy atom. The number of hydrogen-bond acceptors (Lipinski definition) is 1. The summed E-state index contributed by atoms with van der Waals surface area (Å²) in [5.41, 5.74) is 2.16. The third-order valence-corrected chi connectivity index (χ3v) is 1.50. The van der Waals surface area contributed by atoms with Gasteiger partial charge in [0, 0.05) is 0 Å². The Labute approximate surface area is 68.7 Å². The third kappa shape index (κ3) is 4.57. The van der Waals surface area contributed by atoms with Crippen molar-refractivity contribution in [3.63, 3.8) is 0 Å². The van der Waals surface area contributed by atoms with Gasteiger partial charge in [-0.2, -0.15) is 0 Å². The highest BCUT2D eigenvalue weighted by Gasteiger charge is 1.84. The standard InChI is InChI=1S/C10H16O/c1-4-10(5-2)7-6-9(3)8-11/h4,6-7,11H,1,5,8H2,2-3H3/b9-6+,10-7+. The molecule has 0 fully saturated rings. The van der Waals surface area contributed by atoms with Crippen LogP contribution in [0.3, 0.4) is 0 Å². The van der Waals surface area contributed by atoms with E-state index in [0.29, 0.717) is 0 Å². The van der Waals surface area contributed by atoms with Crippen LogP contribution in [-0.2, 0) is 0 Å². The second-order valence-corrected chi connectivity index (χ2v) is 2.47. The van der Waals surface area contributed by atoms with Crippen molar-refractivity contribution in [2.45, 2.75) is 20.3 Å². The van der Waals surface area contributed by atoms with Crippen LogP contribution in [0.25, 0.3) is 0 Å². The molecule has 1 heteroatoms. The number of aliphatic hydroxyl groups excluding tert-OH is 1. The summed E-state index contributed by atoms with van der Waals surface area (Å²) in [6.45, 7) is 7.78. The lowest BCUT2D eigenvalue weighted by atomic mass is 10.1. The van der Waals surface area contributed by atoms with E-state index in [9.17, 15) is 0 Å². The Morgan fingerprint density at radius 3 is 2.45 bits per heavy atom. The predicted molar refractivity (Wildman–Crippen MR) is 49.4 cm³/mol. The minimum Gasteiger partial charge on any atom is -0.392 e. The van der Waals surface area contributed by atoms with Crippen LogP contribution in [0.4, 0.5) is 0 Å². The SMILES string of the molecule is C=C/C(=C\C=C(/C)CO)CC. The fourth-order valence-electron chi connectivity index (χ4n) is 0.632. The number of aliphatic hydroxyl groups is 1. The first kappa shape index (κ1) is 10.2. The molecule has 0 aromatic heterocycles. The lowest BCUT2D eigenvalue weighted by molar-refractivity contribution is 0.331. The molecule has 0 bridgehead atoms. The summed E-state index contributed by atoms with van der Waals surface area (Å²) in [6.07, 6.45) is 6.72. The van der Waals surface area contributed by atoms with Crippen LogP contribution in [-0.4, -0.2) is 11.7 Å². The maximum atomic E-state index is 8.67. The zero-order valence-corrected chi connectivity index (χ0v) is 7.30. The van der Waals surface area contributed by atoms with Crippen molar-refractivity contribution >= 4 is 0 Å². The van der Waals surface area contributed by atoms with Crippen molar-refractivity contribution in [1.29, 1.82) is 0 Å².